The molecule has 146 valence electrons. The zero-order chi connectivity index (χ0) is 20.4. The van der Waals surface area contributed by atoms with Crippen molar-refractivity contribution in [2.75, 3.05) is 7.11 Å². The van der Waals surface area contributed by atoms with Crippen LogP contribution >= 0.6 is 0 Å². The summed E-state index contributed by atoms with van der Waals surface area (Å²) < 4.78 is 19.0. The molecule has 2 unspecified atom stereocenters. The van der Waals surface area contributed by atoms with Crippen molar-refractivity contribution in [3.8, 4) is 5.75 Å². The monoisotopic (exact) mass is 386 g/mol. The first-order chi connectivity index (χ1) is 14.1. The van der Waals surface area contributed by atoms with E-state index in [0.29, 0.717) is 12.0 Å². The Bertz CT molecular complexity index is 1050. The van der Waals surface area contributed by atoms with E-state index in [9.17, 15) is 9.18 Å². The Hall–Kier alpha value is -3.20. The highest BCUT2D eigenvalue weighted by molar-refractivity contribution is 6.01. The predicted molar refractivity (Wildman–Crippen MR) is 114 cm³/mol. The van der Waals surface area contributed by atoms with Gasteiger partial charge in [0.05, 0.1) is 7.11 Å². The van der Waals surface area contributed by atoms with Crippen LogP contribution in [0.3, 0.4) is 0 Å². The van der Waals surface area contributed by atoms with Crippen LogP contribution in [0.2, 0.25) is 0 Å². The van der Waals surface area contributed by atoms with Gasteiger partial charge in [-0.2, -0.15) is 0 Å². The Labute approximate surface area is 170 Å². The lowest BCUT2D eigenvalue weighted by molar-refractivity contribution is 0.0934. The first-order valence-electron chi connectivity index (χ1n) is 9.77. The third-order valence-electron chi connectivity index (χ3n) is 5.65. The molecular weight excluding hydrogens is 363 g/mol. The quantitative estimate of drug-likeness (QED) is 0.487. The van der Waals surface area contributed by atoms with E-state index in [1.165, 1.54) is 12.1 Å². The number of hydrogen-bond acceptors (Lipinski definition) is 2. The Morgan fingerprint density at radius 1 is 0.966 bits per heavy atom. The summed E-state index contributed by atoms with van der Waals surface area (Å²) >= 11 is 0. The predicted octanol–water partition coefficient (Wildman–Crippen LogP) is 6.21. The summed E-state index contributed by atoms with van der Waals surface area (Å²) in [6.45, 7) is 2.01. The molecule has 2 atom stereocenters. The fraction of sp³-hybridized carbons (Fsp3) is 0.192. The highest BCUT2D eigenvalue weighted by Crippen LogP contribution is 2.46. The molecule has 29 heavy (non-hydrogen) atoms. The molecule has 4 rings (SSSR count). The number of methoxy groups -OCH3 is 1. The largest absolute Gasteiger partial charge is 0.496 e. The number of ether oxygens (including phenoxy) is 1. The lowest BCUT2D eigenvalue weighted by Gasteiger charge is -2.21. The SMILES string of the molecule is COc1ccccc1C1CC(c2ccc(F)cc2)=CC1C(=O)c1ccc(C)cc1. The van der Waals surface area contributed by atoms with E-state index in [0.717, 1.165) is 28.0 Å². The molecule has 0 aliphatic heterocycles. The summed E-state index contributed by atoms with van der Waals surface area (Å²) in [5, 5.41) is 0. The van der Waals surface area contributed by atoms with E-state index >= 15 is 0 Å². The number of allylic oxidation sites excluding steroid dienone is 2. The normalized spacial score (nSPS) is 18.4. The first-order valence-corrected chi connectivity index (χ1v) is 9.77. The number of ketones is 1. The van der Waals surface area contributed by atoms with Crippen molar-refractivity contribution in [2.24, 2.45) is 5.92 Å². The maximum absolute atomic E-state index is 13.4. The molecule has 0 saturated carbocycles. The van der Waals surface area contributed by atoms with Gasteiger partial charge in [-0.15, -0.1) is 0 Å². The second-order valence-corrected chi connectivity index (χ2v) is 7.51. The summed E-state index contributed by atoms with van der Waals surface area (Å²) in [5.74, 6) is 0.293. The average molecular weight is 386 g/mol. The number of hydrogen-bond donors (Lipinski definition) is 0. The van der Waals surface area contributed by atoms with Gasteiger partial charge in [-0.1, -0.05) is 66.2 Å². The number of para-hydroxylation sites is 1. The third-order valence-corrected chi connectivity index (χ3v) is 5.65. The number of halogens is 1. The zero-order valence-electron chi connectivity index (χ0n) is 16.6. The van der Waals surface area contributed by atoms with Gasteiger partial charge in [-0.05, 0) is 48.2 Å². The molecule has 0 fully saturated rings. The van der Waals surface area contributed by atoms with Crippen LogP contribution in [0.4, 0.5) is 4.39 Å². The molecule has 1 aliphatic rings. The molecule has 0 radical (unpaired) electrons. The van der Waals surface area contributed by atoms with Gasteiger partial charge in [0.15, 0.2) is 5.78 Å². The van der Waals surface area contributed by atoms with E-state index in [-0.39, 0.29) is 23.4 Å². The van der Waals surface area contributed by atoms with Crippen LogP contribution in [0.1, 0.15) is 39.4 Å². The highest BCUT2D eigenvalue weighted by Gasteiger charge is 2.36. The van der Waals surface area contributed by atoms with Gasteiger partial charge in [0.2, 0.25) is 0 Å². The van der Waals surface area contributed by atoms with Crippen molar-refractivity contribution >= 4 is 11.4 Å². The molecule has 2 nitrogen and oxygen atoms in total. The highest BCUT2D eigenvalue weighted by atomic mass is 19.1. The molecule has 1 aliphatic carbocycles. The van der Waals surface area contributed by atoms with Gasteiger partial charge in [-0.25, -0.2) is 4.39 Å². The van der Waals surface area contributed by atoms with E-state index < -0.39 is 0 Å². The standard InChI is InChI=1S/C26H23FO2/c1-17-7-9-19(10-8-17)26(28)24-16-20(18-11-13-21(27)14-12-18)15-23(24)22-5-3-4-6-25(22)29-2/h3-14,16,23-24H,15H2,1-2H3. The second-order valence-electron chi connectivity index (χ2n) is 7.51. The Kier molecular flexibility index (Phi) is 5.30. The minimum absolute atomic E-state index is 0.0278. The molecule has 3 heteroatoms. The van der Waals surface area contributed by atoms with Gasteiger partial charge in [0.1, 0.15) is 11.6 Å². The molecule has 3 aromatic carbocycles. The topological polar surface area (TPSA) is 26.3 Å². The van der Waals surface area contributed by atoms with E-state index in [1.54, 1.807) is 19.2 Å². The van der Waals surface area contributed by atoms with Crippen LogP contribution in [-0.2, 0) is 0 Å². The number of carbonyl (C=O) groups is 1. The van der Waals surface area contributed by atoms with E-state index in [4.69, 9.17) is 4.74 Å². The average Bonchev–Trinajstić information content (AvgIpc) is 3.19. The fourth-order valence-corrected chi connectivity index (χ4v) is 4.09. The van der Waals surface area contributed by atoms with Crippen LogP contribution in [0.25, 0.3) is 5.57 Å². The second kappa shape index (κ2) is 8.04. The molecule has 0 amide bonds. The number of rotatable bonds is 5. The van der Waals surface area contributed by atoms with Crippen molar-refractivity contribution in [1.82, 2.24) is 0 Å². The fourth-order valence-electron chi connectivity index (χ4n) is 4.09. The van der Waals surface area contributed by atoms with Crippen LogP contribution in [0.5, 0.6) is 5.75 Å². The Morgan fingerprint density at radius 2 is 1.66 bits per heavy atom. The molecule has 3 aromatic rings. The third kappa shape index (κ3) is 3.86. The summed E-state index contributed by atoms with van der Waals surface area (Å²) in [6.07, 6.45) is 2.75. The van der Waals surface area contributed by atoms with Gasteiger partial charge in [-0.3, -0.25) is 4.79 Å². The van der Waals surface area contributed by atoms with E-state index in [2.05, 4.69) is 0 Å². The minimum atomic E-state index is -0.297. The zero-order valence-corrected chi connectivity index (χ0v) is 16.6. The number of benzene rings is 3. The molecule has 0 spiro atoms. The summed E-state index contributed by atoms with van der Waals surface area (Å²) in [7, 11) is 1.65. The van der Waals surface area contributed by atoms with Crippen molar-refractivity contribution in [3.63, 3.8) is 0 Å². The molecular formula is C26H23FO2. The summed E-state index contributed by atoms with van der Waals surface area (Å²) in [4.78, 5) is 13.4. The Morgan fingerprint density at radius 3 is 2.34 bits per heavy atom. The minimum Gasteiger partial charge on any atom is -0.496 e. The number of Topliss-reactive ketones (excluding diaryl/α,β-unsaturated/α-hetero) is 1. The van der Waals surface area contributed by atoms with Crippen LogP contribution < -0.4 is 4.74 Å². The lowest BCUT2D eigenvalue weighted by atomic mass is 9.82. The molecule has 0 aromatic heterocycles. The van der Waals surface area contributed by atoms with Crippen LogP contribution in [0.15, 0.2) is 78.9 Å². The van der Waals surface area contributed by atoms with Gasteiger partial charge in [0.25, 0.3) is 0 Å². The van der Waals surface area contributed by atoms with E-state index in [1.807, 2.05) is 61.5 Å². The number of aryl methyl sites for hydroxylation is 1. The van der Waals surface area contributed by atoms with Crippen molar-refractivity contribution in [3.05, 3.63) is 107 Å². The number of carbonyl (C=O) groups excluding carboxylic acids is 1. The van der Waals surface area contributed by atoms with Crippen LogP contribution in [0, 0.1) is 18.7 Å². The van der Waals surface area contributed by atoms with Crippen molar-refractivity contribution in [1.29, 1.82) is 0 Å². The lowest BCUT2D eigenvalue weighted by Crippen LogP contribution is -2.18. The maximum atomic E-state index is 13.4. The first kappa shape index (κ1) is 19.1. The van der Waals surface area contributed by atoms with Crippen molar-refractivity contribution in [2.45, 2.75) is 19.3 Å². The molecule has 0 bridgehead atoms. The molecule has 0 heterocycles. The van der Waals surface area contributed by atoms with Gasteiger partial charge < -0.3 is 4.74 Å². The maximum Gasteiger partial charge on any atom is 0.170 e. The molecule has 0 saturated heterocycles. The van der Waals surface area contributed by atoms with Gasteiger partial charge >= 0.3 is 0 Å². The van der Waals surface area contributed by atoms with Crippen LogP contribution in [-0.4, -0.2) is 12.9 Å². The van der Waals surface area contributed by atoms with Gasteiger partial charge in [0, 0.05) is 17.4 Å². The Balaban J connectivity index is 1.76. The summed E-state index contributed by atoms with van der Waals surface area (Å²) in [5.41, 5.74) is 4.86. The smallest absolute Gasteiger partial charge is 0.170 e. The van der Waals surface area contributed by atoms with Crippen molar-refractivity contribution < 1.29 is 13.9 Å². The summed E-state index contributed by atoms with van der Waals surface area (Å²) in [6, 6.07) is 22.0. The molecule has 0 N–H and O–H groups in total.